The van der Waals surface area contributed by atoms with E-state index in [1.807, 2.05) is 11.8 Å². The minimum Gasteiger partial charge on any atom is -0.352 e. The van der Waals surface area contributed by atoms with Crippen LogP contribution in [0.2, 0.25) is 0 Å². The van der Waals surface area contributed by atoms with Gasteiger partial charge in [0.2, 0.25) is 5.91 Å². The highest BCUT2D eigenvalue weighted by atomic mass is 32.1. The highest BCUT2D eigenvalue weighted by molar-refractivity contribution is 7.11. The van der Waals surface area contributed by atoms with Crippen LogP contribution in [0.1, 0.15) is 47.7 Å². The van der Waals surface area contributed by atoms with Gasteiger partial charge >= 0.3 is 0 Å². The van der Waals surface area contributed by atoms with Crippen molar-refractivity contribution in [3.05, 3.63) is 15.6 Å². The predicted octanol–water partition coefficient (Wildman–Crippen LogP) is 2.22. The first-order valence-corrected chi connectivity index (χ1v) is 10.1. The second-order valence-electron chi connectivity index (χ2n) is 7.07. The Morgan fingerprint density at radius 1 is 1.32 bits per heavy atom. The quantitative estimate of drug-likeness (QED) is 0.636. The SMILES string of the molecule is CN=C(NCc1nc(C)c(C)s1)NC1CCN(C(=O)C2CCCC2)C1. The second kappa shape index (κ2) is 8.17. The van der Waals surface area contributed by atoms with Crippen LogP contribution in [0.3, 0.4) is 0 Å². The number of amides is 1. The van der Waals surface area contributed by atoms with E-state index in [4.69, 9.17) is 0 Å². The highest BCUT2D eigenvalue weighted by Crippen LogP contribution is 2.27. The van der Waals surface area contributed by atoms with E-state index in [1.54, 1.807) is 18.4 Å². The number of aryl methyl sites for hydroxylation is 2. The van der Waals surface area contributed by atoms with Gasteiger partial charge in [-0.05, 0) is 33.1 Å². The van der Waals surface area contributed by atoms with Gasteiger partial charge in [0.25, 0.3) is 0 Å². The van der Waals surface area contributed by atoms with Crippen molar-refractivity contribution >= 4 is 23.2 Å². The Balaban J connectivity index is 1.46. The minimum atomic E-state index is 0.271. The van der Waals surface area contributed by atoms with Gasteiger partial charge in [-0.15, -0.1) is 11.3 Å². The molecule has 2 N–H and O–H groups in total. The van der Waals surface area contributed by atoms with Gasteiger partial charge in [0, 0.05) is 37.0 Å². The molecule has 1 aliphatic heterocycles. The van der Waals surface area contributed by atoms with E-state index in [1.165, 1.54) is 17.7 Å². The van der Waals surface area contributed by atoms with E-state index < -0.39 is 0 Å². The smallest absolute Gasteiger partial charge is 0.225 e. The van der Waals surface area contributed by atoms with Gasteiger partial charge in [-0.25, -0.2) is 4.98 Å². The predicted molar refractivity (Wildman–Crippen MR) is 102 cm³/mol. The van der Waals surface area contributed by atoms with E-state index in [2.05, 4.69) is 27.5 Å². The fraction of sp³-hybridized carbons (Fsp3) is 0.722. The number of carbonyl (C=O) groups excluding carboxylic acids is 1. The molecule has 0 spiro atoms. The molecule has 25 heavy (non-hydrogen) atoms. The molecule has 1 atom stereocenters. The number of hydrogen-bond acceptors (Lipinski definition) is 4. The van der Waals surface area contributed by atoms with Crippen molar-refractivity contribution in [2.75, 3.05) is 20.1 Å². The van der Waals surface area contributed by atoms with Gasteiger partial charge in [0.15, 0.2) is 5.96 Å². The third-order valence-corrected chi connectivity index (χ3v) is 6.32. The number of aromatic nitrogens is 1. The topological polar surface area (TPSA) is 69.6 Å². The first-order valence-electron chi connectivity index (χ1n) is 9.25. The maximum Gasteiger partial charge on any atom is 0.225 e. The molecule has 1 saturated carbocycles. The third-order valence-electron chi connectivity index (χ3n) is 5.25. The number of thiazole rings is 1. The van der Waals surface area contributed by atoms with Crippen LogP contribution in [0.5, 0.6) is 0 Å². The number of aliphatic imine (C=N–C) groups is 1. The molecule has 1 aromatic heterocycles. The van der Waals surface area contributed by atoms with Crippen molar-refractivity contribution in [2.45, 2.75) is 58.5 Å². The molecule has 2 fully saturated rings. The number of likely N-dealkylation sites (tertiary alicyclic amines) is 1. The summed E-state index contributed by atoms with van der Waals surface area (Å²) in [7, 11) is 1.78. The zero-order chi connectivity index (χ0) is 17.8. The van der Waals surface area contributed by atoms with Crippen molar-refractivity contribution < 1.29 is 4.79 Å². The maximum absolute atomic E-state index is 12.5. The molecule has 1 aliphatic carbocycles. The molecule has 0 aromatic carbocycles. The van der Waals surface area contributed by atoms with Crippen molar-refractivity contribution in [1.29, 1.82) is 0 Å². The van der Waals surface area contributed by atoms with Crippen molar-refractivity contribution in [1.82, 2.24) is 20.5 Å². The Kier molecular flexibility index (Phi) is 5.93. The monoisotopic (exact) mass is 363 g/mol. The molecule has 2 aliphatic rings. The number of rotatable bonds is 4. The van der Waals surface area contributed by atoms with Gasteiger partial charge in [-0.2, -0.15) is 0 Å². The van der Waals surface area contributed by atoms with Crippen LogP contribution in [0.15, 0.2) is 4.99 Å². The van der Waals surface area contributed by atoms with E-state index in [9.17, 15) is 4.79 Å². The average Bonchev–Trinajstić information content (AvgIpc) is 3.33. The fourth-order valence-corrected chi connectivity index (χ4v) is 4.55. The summed E-state index contributed by atoms with van der Waals surface area (Å²) in [5.74, 6) is 1.41. The molecule has 6 nitrogen and oxygen atoms in total. The fourth-order valence-electron chi connectivity index (χ4n) is 3.67. The zero-order valence-corrected chi connectivity index (χ0v) is 16.3. The lowest BCUT2D eigenvalue weighted by atomic mass is 10.1. The molecule has 138 valence electrons. The number of guanidine groups is 1. The summed E-state index contributed by atoms with van der Waals surface area (Å²) >= 11 is 1.72. The largest absolute Gasteiger partial charge is 0.352 e. The van der Waals surface area contributed by atoms with Crippen molar-refractivity contribution in [3.8, 4) is 0 Å². The van der Waals surface area contributed by atoms with E-state index in [0.29, 0.717) is 12.5 Å². The first kappa shape index (κ1) is 18.2. The van der Waals surface area contributed by atoms with Gasteiger partial charge in [-0.3, -0.25) is 9.79 Å². The summed E-state index contributed by atoms with van der Waals surface area (Å²) in [6.45, 7) is 6.45. The van der Waals surface area contributed by atoms with E-state index in [-0.39, 0.29) is 12.0 Å². The van der Waals surface area contributed by atoms with Crippen LogP contribution in [0, 0.1) is 19.8 Å². The third kappa shape index (κ3) is 4.51. The molecule has 1 saturated heterocycles. The lowest BCUT2D eigenvalue weighted by Gasteiger charge is -2.21. The highest BCUT2D eigenvalue weighted by Gasteiger charge is 2.32. The van der Waals surface area contributed by atoms with Crippen LogP contribution in [0.25, 0.3) is 0 Å². The molecule has 2 heterocycles. The van der Waals surface area contributed by atoms with Crippen molar-refractivity contribution in [2.24, 2.45) is 10.9 Å². The number of nitrogens with zero attached hydrogens (tertiary/aromatic N) is 3. The first-order chi connectivity index (χ1) is 12.1. The van der Waals surface area contributed by atoms with Gasteiger partial charge in [-0.1, -0.05) is 12.8 Å². The van der Waals surface area contributed by atoms with Crippen LogP contribution in [-0.4, -0.2) is 47.9 Å². The lowest BCUT2D eigenvalue weighted by Crippen LogP contribution is -2.45. The summed E-state index contributed by atoms with van der Waals surface area (Å²) in [5, 5.41) is 7.86. The Hall–Kier alpha value is -1.63. The van der Waals surface area contributed by atoms with Crippen LogP contribution < -0.4 is 10.6 Å². The van der Waals surface area contributed by atoms with Crippen molar-refractivity contribution in [3.63, 3.8) is 0 Å². The molecule has 0 radical (unpaired) electrons. The van der Waals surface area contributed by atoms with E-state index in [0.717, 1.165) is 49.0 Å². The van der Waals surface area contributed by atoms with E-state index >= 15 is 0 Å². The molecule has 3 rings (SSSR count). The number of nitrogens with one attached hydrogen (secondary N) is 2. The lowest BCUT2D eigenvalue weighted by molar-refractivity contribution is -0.134. The average molecular weight is 364 g/mol. The summed E-state index contributed by atoms with van der Waals surface area (Å²) < 4.78 is 0. The summed E-state index contributed by atoms with van der Waals surface area (Å²) in [4.78, 5) is 24.7. The zero-order valence-electron chi connectivity index (χ0n) is 15.5. The Morgan fingerprint density at radius 2 is 2.08 bits per heavy atom. The number of carbonyl (C=O) groups is 1. The molecular weight excluding hydrogens is 334 g/mol. The van der Waals surface area contributed by atoms with Gasteiger partial charge in [0.1, 0.15) is 5.01 Å². The van der Waals surface area contributed by atoms with Gasteiger partial charge in [0.05, 0.1) is 12.2 Å². The Bertz CT molecular complexity index is 616. The molecule has 7 heteroatoms. The molecule has 0 bridgehead atoms. The summed E-state index contributed by atoms with van der Waals surface area (Å²) in [5.41, 5.74) is 1.10. The van der Waals surface area contributed by atoms with Crippen LogP contribution in [0.4, 0.5) is 0 Å². The van der Waals surface area contributed by atoms with Gasteiger partial charge < -0.3 is 15.5 Å². The number of hydrogen-bond donors (Lipinski definition) is 2. The Labute approximate surface area is 154 Å². The standard InChI is InChI=1S/C18H29N5OS/c1-12-13(2)25-16(21-12)10-20-18(19-3)22-15-8-9-23(11-15)17(24)14-6-4-5-7-14/h14-15H,4-11H2,1-3H3,(H2,19,20,22). The minimum absolute atomic E-state index is 0.271. The molecule has 1 amide bonds. The molecule has 1 aromatic rings. The molecular formula is C18H29N5OS. The van der Waals surface area contributed by atoms with Crippen LogP contribution >= 0.6 is 11.3 Å². The normalized spacial score (nSPS) is 21.8. The summed E-state index contributed by atoms with van der Waals surface area (Å²) in [6.07, 6.45) is 5.54. The second-order valence-corrected chi connectivity index (χ2v) is 8.36. The summed E-state index contributed by atoms with van der Waals surface area (Å²) in [6, 6.07) is 0.274. The molecule has 1 unspecified atom stereocenters. The maximum atomic E-state index is 12.5. The van der Waals surface area contributed by atoms with Crippen LogP contribution in [-0.2, 0) is 11.3 Å². The Morgan fingerprint density at radius 3 is 2.72 bits per heavy atom.